The van der Waals surface area contributed by atoms with E-state index in [-0.39, 0.29) is 5.91 Å². The number of aromatic nitrogens is 5. The molecule has 1 aliphatic rings. The SMILES string of the molecule is Cc1c(C(=O)N2CCN(c3ccc(-n4cccc4)nn3)CC2)cnn1-c1ccccc1. The summed E-state index contributed by atoms with van der Waals surface area (Å²) in [5, 5.41) is 13.1. The standard InChI is InChI=1S/C23H23N7O/c1-18-20(17-24-30(18)19-7-3-2-4-8-19)23(31)29-15-13-28(14-16-29)22-10-9-21(25-26-22)27-11-5-6-12-27/h2-12,17H,13-16H2,1H3. The summed E-state index contributed by atoms with van der Waals surface area (Å²) in [5.74, 6) is 1.64. The molecule has 0 aliphatic carbocycles. The van der Waals surface area contributed by atoms with Gasteiger partial charge in [0.2, 0.25) is 0 Å². The van der Waals surface area contributed by atoms with Crippen LogP contribution in [0.5, 0.6) is 0 Å². The largest absolute Gasteiger partial charge is 0.352 e. The van der Waals surface area contributed by atoms with E-state index in [9.17, 15) is 4.79 Å². The first-order chi connectivity index (χ1) is 15.2. The molecule has 1 aromatic carbocycles. The molecule has 156 valence electrons. The molecule has 4 heterocycles. The van der Waals surface area contributed by atoms with Gasteiger partial charge in [0.25, 0.3) is 5.91 Å². The maximum absolute atomic E-state index is 13.1. The van der Waals surface area contributed by atoms with Gasteiger partial charge in [-0.2, -0.15) is 5.10 Å². The predicted molar refractivity (Wildman–Crippen MR) is 118 cm³/mol. The summed E-state index contributed by atoms with van der Waals surface area (Å²) in [7, 11) is 0. The lowest BCUT2D eigenvalue weighted by Crippen LogP contribution is -2.49. The van der Waals surface area contributed by atoms with Gasteiger partial charge in [0.15, 0.2) is 11.6 Å². The van der Waals surface area contributed by atoms with Crippen LogP contribution in [0.25, 0.3) is 11.5 Å². The minimum Gasteiger partial charge on any atom is -0.352 e. The van der Waals surface area contributed by atoms with Gasteiger partial charge in [-0.15, -0.1) is 10.2 Å². The molecule has 0 saturated carbocycles. The van der Waals surface area contributed by atoms with Crippen LogP contribution < -0.4 is 4.90 Å². The van der Waals surface area contributed by atoms with Crippen LogP contribution in [-0.4, -0.2) is 61.5 Å². The summed E-state index contributed by atoms with van der Waals surface area (Å²) < 4.78 is 3.73. The zero-order valence-electron chi connectivity index (χ0n) is 17.3. The van der Waals surface area contributed by atoms with Crippen LogP contribution in [0.2, 0.25) is 0 Å². The van der Waals surface area contributed by atoms with Gasteiger partial charge in [0, 0.05) is 38.6 Å². The van der Waals surface area contributed by atoms with E-state index in [1.54, 1.807) is 6.20 Å². The highest BCUT2D eigenvalue weighted by atomic mass is 16.2. The number of carbonyl (C=O) groups is 1. The van der Waals surface area contributed by atoms with Crippen molar-refractivity contribution in [2.45, 2.75) is 6.92 Å². The summed E-state index contributed by atoms with van der Waals surface area (Å²) in [6.07, 6.45) is 5.55. The molecular formula is C23H23N7O. The third kappa shape index (κ3) is 3.68. The van der Waals surface area contributed by atoms with E-state index in [0.717, 1.165) is 36.1 Å². The lowest BCUT2D eigenvalue weighted by molar-refractivity contribution is 0.0745. The van der Waals surface area contributed by atoms with E-state index < -0.39 is 0 Å². The number of carbonyl (C=O) groups excluding carboxylic acids is 1. The van der Waals surface area contributed by atoms with Crippen molar-refractivity contribution in [3.63, 3.8) is 0 Å². The first kappa shape index (κ1) is 19.0. The fraction of sp³-hybridized carbons (Fsp3) is 0.217. The van der Waals surface area contributed by atoms with Gasteiger partial charge in [-0.25, -0.2) is 4.68 Å². The van der Waals surface area contributed by atoms with Crippen molar-refractivity contribution in [1.29, 1.82) is 0 Å². The highest BCUT2D eigenvalue weighted by Gasteiger charge is 2.25. The van der Waals surface area contributed by atoms with Gasteiger partial charge in [-0.05, 0) is 43.3 Å². The summed E-state index contributed by atoms with van der Waals surface area (Å²) in [6.45, 7) is 4.64. The molecule has 0 bridgehead atoms. The molecule has 1 amide bonds. The van der Waals surface area contributed by atoms with Crippen LogP contribution in [-0.2, 0) is 0 Å². The maximum Gasteiger partial charge on any atom is 0.257 e. The van der Waals surface area contributed by atoms with Crippen LogP contribution in [0.1, 0.15) is 16.1 Å². The quantitative estimate of drug-likeness (QED) is 0.514. The second kappa shape index (κ2) is 8.06. The molecule has 0 spiro atoms. The lowest BCUT2D eigenvalue weighted by Gasteiger charge is -2.35. The average molecular weight is 413 g/mol. The topological polar surface area (TPSA) is 72.1 Å². The number of benzene rings is 1. The van der Waals surface area contributed by atoms with Crippen LogP contribution in [0.4, 0.5) is 5.82 Å². The highest BCUT2D eigenvalue weighted by molar-refractivity contribution is 5.95. The number of amides is 1. The Morgan fingerprint density at radius 3 is 2.19 bits per heavy atom. The van der Waals surface area contributed by atoms with Gasteiger partial charge in [-0.1, -0.05) is 18.2 Å². The second-order valence-corrected chi connectivity index (χ2v) is 7.51. The highest BCUT2D eigenvalue weighted by Crippen LogP contribution is 2.19. The molecule has 8 nitrogen and oxygen atoms in total. The molecule has 0 unspecified atom stereocenters. The second-order valence-electron chi connectivity index (χ2n) is 7.51. The molecular weight excluding hydrogens is 390 g/mol. The van der Waals surface area contributed by atoms with Crippen LogP contribution in [0, 0.1) is 6.92 Å². The zero-order chi connectivity index (χ0) is 21.2. The number of nitrogens with zero attached hydrogens (tertiary/aromatic N) is 7. The number of anilines is 1. The molecule has 1 aliphatic heterocycles. The summed E-state index contributed by atoms with van der Waals surface area (Å²) in [5.41, 5.74) is 2.45. The minimum atomic E-state index is 0.0216. The van der Waals surface area contributed by atoms with E-state index in [2.05, 4.69) is 20.2 Å². The number of para-hydroxylation sites is 1. The Balaban J connectivity index is 1.25. The molecule has 8 heteroatoms. The Bertz CT molecular complexity index is 1160. The van der Waals surface area contributed by atoms with Crippen molar-refractivity contribution in [1.82, 2.24) is 29.4 Å². The van der Waals surface area contributed by atoms with Crippen LogP contribution in [0.15, 0.2) is 73.2 Å². The Labute approximate surface area is 180 Å². The molecule has 5 rings (SSSR count). The van der Waals surface area contributed by atoms with E-state index in [0.29, 0.717) is 18.7 Å². The fourth-order valence-corrected chi connectivity index (χ4v) is 3.87. The lowest BCUT2D eigenvalue weighted by atomic mass is 10.2. The minimum absolute atomic E-state index is 0.0216. The molecule has 3 aromatic heterocycles. The van der Waals surface area contributed by atoms with Crippen LogP contribution >= 0.6 is 0 Å². The Hall–Kier alpha value is -3.94. The van der Waals surface area contributed by atoms with E-state index in [1.165, 1.54) is 0 Å². The monoisotopic (exact) mass is 413 g/mol. The van der Waals surface area contributed by atoms with Gasteiger partial charge >= 0.3 is 0 Å². The Kier molecular flexibility index (Phi) is 4.95. The van der Waals surface area contributed by atoms with Crippen molar-refractivity contribution in [2.75, 3.05) is 31.1 Å². The zero-order valence-corrected chi connectivity index (χ0v) is 17.3. The number of hydrogen-bond acceptors (Lipinski definition) is 5. The smallest absolute Gasteiger partial charge is 0.257 e. The fourth-order valence-electron chi connectivity index (χ4n) is 3.87. The third-order valence-electron chi connectivity index (χ3n) is 5.64. The van der Waals surface area contributed by atoms with E-state index >= 15 is 0 Å². The first-order valence-corrected chi connectivity index (χ1v) is 10.3. The van der Waals surface area contributed by atoms with Gasteiger partial charge in [-0.3, -0.25) is 4.79 Å². The van der Waals surface area contributed by atoms with Crippen LogP contribution in [0.3, 0.4) is 0 Å². The molecule has 1 fully saturated rings. The predicted octanol–water partition coefficient (Wildman–Crippen LogP) is 2.72. The average Bonchev–Trinajstić information content (AvgIpc) is 3.50. The van der Waals surface area contributed by atoms with Gasteiger partial charge in [0.1, 0.15) is 0 Å². The van der Waals surface area contributed by atoms with E-state index in [1.807, 2.05) is 88.1 Å². The Morgan fingerprint density at radius 1 is 0.839 bits per heavy atom. The summed E-state index contributed by atoms with van der Waals surface area (Å²) in [6, 6.07) is 17.7. The van der Waals surface area contributed by atoms with E-state index in [4.69, 9.17) is 0 Å². The van der Waals surface area contributed by atoms with Crippen molar-refractivity contribution in [2.24, 2.45) is 0 Å². The number of hydrogen-bond donors (Lipinski definition) is 0. The number of rotatable bonds is 4. The molecule has 1 saturated heterocycles. The molecule has 0 N–H and O–H groups in total. The molecule has 31 heavy (non-hydrogen) atoms. The van der Waals surface area contributed by atoms with Crippen molar-refractivity contribution >= 4 is 11.7 Å². The summed E-state index contributed by atoms with van der Waals surface area (Å²) >= 11 is 0. The normalized spacial score (nSPS) is 14.1. The molecule has 0 atom stereocenters. The number of piperazine rings is 1. The van der Waals surface area contributed by atoms with Gasteiger partial charge in [0.05, 0.1) is 23.1 Å². The molecule has 0 radical (unpaired) electrons. The van der Waals surface area contributed by atoms with Crippen molar-refractivity contribution in [3.8, 4) is 11.5 Å². The maximum atomic E-state index is 13.1. The van der Waals surface area contributed by atoms with Crippen molar-refractivity contribution < 1.29 is 4.79 Å². The first-order valence-electron chi connectivity index (χ1n) is 10.3. The Morgan fingerprint density at radius 2 is 1.52 bits per heavy atom. The third-order valence-corrected chi connectivity index (χ3v) is 5.64. The molecule has 4 aromatic rings. The van der Waals surface area contributed by atoms with Crippen molar-refractivity contribution in [3.05, 3.63) is 84.4 Å². The summed E-state index contributed by atoms with van der Waals surface area (Å²) in [4.78, 5) is 17.2. The van der Waals surface area contributed by atoms with Gasteiger partial charge < -0.3 is 14.4 Å².